The molecule has 2 rings (SSSR count). The van der Waals surface area contributed by atoms with Gasteiger partial charge in [0.15, 0.2) is 13.2 Å². The molecular formula is C17H15ClN2O6. The van der Waals surface area contributed by atoms with E-state index < -0.39 is 30.0 Å². The fourth-order valence-corrected chi connectivity index (χ4v) is 2.08. The number of anilines is 1. The molecule has 0 aliphatic rings. The van der Waals surface area contributed by atoms with E-state index in [1.807, 2.05) is 6.92 Å². The summed E-state index contributed by atoms with van der Waals surface area (Å²) in [4.78, 5) is 33.4. The number of hydrogen-bond acceptors (Lipinski definition) is 6. The summed E-state index contributed by atoms with van der Waals surface area (Å²) in [5, 5.41) is 13.4. The second-order valence-corrected chi connectivity index (χ2v) is 5.64. The standard InChI is InChI=1S/C17H15ClN2O6/c1-11-2-7-14(18)15(8-11)25-10-17(22)26-9-16(21)19-12-3-5-13(6-4-12)20(23)24/h2-8H,9-10H2,1H3,(H,19,21). The second-order valence-electron chi connectivity index (χ2n) is 5.24. The maximum Gasteiger partial charge on any atom is 0.344 e. The number of rotatable bonds is 7. The second kappa shape index (κ2) is 8.82. The first-order valence-corrected chi connectivity index (χ1v) is 7.82. The first-order chi connectivity index (χ1) is 12.3. The van der Waals surface area contributed by atoms with E-state index in [9.17, 15) is 19.7 Å². The van der Waals surface area contributed by atoms with E-state index in [2.05, 4.69) is 5.32 Å². The van der Waals surface area contributed by atoms with Crippen LogP contribution in [0.2, 0.25) is 5.02 Å². The van der Waals surface area contributed by atoms with Gasteiger partial charge in [-0.1, -0.05) is 17.7 Å². The third-order valence-corrected chi connectivity index (χ3v) is 3.47. The normalized spacial score (nSPS) is 10.1. The largest absolute Gasteiger partial charge is 0.480 e. The van der Waals surface area contributed by atoms with Crippen molar-refractivity contribution in [3.8, 4) is 5.75 Å². The van der Waals surface area contributed by atoms with Gasteiger partial charge in [-0.3, -0.25) is 14.9 Å². The van der Waals surface area contributed by atoms with E-state index in [1.54, 1.807) is 18.2 Å². The molecule has 0 bridgehead atoms. The molecule has 9 heteroatoms. The lowest BCUT2D eigenvalue weighted by Crippen LogP contribution is -2.23. The number of nitro groups is 1. The molecule has 0 aliphatic heterocycles. The van der Waals surface area contributed by atoms with Gasteiger partial charge < -0.3 is 14.8 Å². The zero-order valence-corrected chi connectivity index (χ0v) is 14.5. The van der Waals surface area contributed by atoms with E-state index >= 15 is 0 Å². The highest BCUT2D eigenvalue weighted by molar-refractivity contribution is 6.32. The van der Waals surface area contributed by atoms with E-state index in [4.69, 9.17) is 21.1 Å². The Morgan fingerprint density at radius 3 is 2.50 bits per heavy atom. The van der Waals surface area contributed by atoms with Gasteiger partial charge in [0.25, 0.3) is 11.6 Å². The molecule has 0 heterocycles. The smallest absolute Gasteiger partial charge is 0.344 e. The van der Waals surface area contributed by atoms with Gasteiger partial charge in [-0.2, -0.15) is 0 Å². The van der Waals surface area contributed by atoms with E-state index in [0.29, 0.717) is 16.5 Å². The molecule has 0 unspecified atom stereocenters. The molecule has 0 radical (unpaired) electrons. The molecule has 136 valence electrons. The topological polar surface area (TPSA) is 108 Å². The molecule has 0 atom stereocenters. The Balaban J connectivity index is 1.76. The summed E-state index contributed by atoms with van der Waals surface area (Å²) in [6.45, 7) is 0.943. The molecule has 2 aromatic carbocycles. The van der Waals surface area contributed by atoms with Crippen LogP contribution >= 0.6 is 11.6 Å². The van der Waals surface area contributed by atoms with Crippen LogP contribution in [0.3, 0.4) is 0 Å². The van der Waals surface area contributed by atoms with Crippen LogP contribution in [0, 0.1) is 17.0 Å². The third kappa shape index (κ3) is 5.75. The summed E-state index contributed by atoms with van der Waals surface area (Å²) in [6.07, 6.45) is 0. The Morgan fingerprint density at radius 1 is 1.15 bits per heavy atom. The van der Waals surface area contributed by atoms with Crippen molar-refractivity contribution < 1.29 is 24.0 Å². The molecule has 0 saturated carbocycles. The van der Waals surface area contributed by atoms with Crippen molar-refractivity contribution in [3.63, 3.8) is 0 Å². The Labute approximate surface area is 153 Å². The van der Waals surface area contributed by atoms with Gasteiger partial charge in [0, 0.05) is 17.8 Å². The highest BCUT2D eigenvalue weighted by Gasteiger charge is 2.11. The monoisotopic (exact) mass is 378 g/mol. The molecule has 1 amide bonds. The van der Waals surface area contributed by atoms with Crippen LogP contribution in [0.15, 0.2) is 42.5 Å². The van der Waals surface area contributed by atoms with Gasteiger partial charge in [0.05, 0.1) is 9.95 Å². The number of nitro benzene ring substituents is 1. The van der Waals surface area contributed by atoms with Gasteiger partial charge in [-0.25, -0.2) is 4.79 Å². The molecular weight excluding hydrogens is 364 g/mol. The fourth-order valence-electron chi connectivity index (χ4n) is 1.91. The van der Waals surface area contributed by atoms with Gasteiger partial charge in [0.2, 0.25) is 0 Å². The van der Waals surface area contributed by atoms with Crippen molar-refractivity contribution in [1.29, 1.82) is 0 Å². The number of nitrogens with zero attached hydrogens (tertiary/aromatic N) is 1. The van der Waals surface area contributed by atoms with Crippen LogP contribution < -0.4 is 10.1 Å². The number of amides is 1. The Kier molecular flexibility index (Phi) is 6.51. The SMILES string of the molecule is Cc1ccc(Cl)c(OCC(=O)OCC(=O)Nc2ccc([N+](=O)[O-])cc2)c1. The van der Waals surface area contributed by atoms with Gasteiger partial charge >= 0.3 is 5.97 Å². The van der Waals surface area contributed by atoms with Gasteiger partial charge in [-0.05, 0) is 36.8 Å². The predicted octanol–water partition coefficient (Wildman–Crippen LogP) is 3.12. The molecule has 26 heavy (non-hydrogen) atoms. The highest BCUT2D eigenvalue weighted by Crippen LogP contribution is 2.25. The fraction of sp³-hybridized carbons (Fsp3) is 0.176. The van der Waals surface area contributed by atoms with E-state index in [1.165, 1.54) is 24.3 Å². The Hall–Kier alpha value is -3.13. The quantitative estimate of drug-likeness (QED) is 0.450. The summed E-state index contributed by atoms with van der Waals surface area (Å²) in [5.41, 5.74) is 1.17. The summed E-state index contributed by atoms with van der Waals surface area (Å²) < 4.78 is 10.1. The lowest BCUT2D eigenvalue weighted by atomic mass is 10.2. The van der Waals surface area contributed by atoms with Crippen LogP contribution in [0.1, 0.15) is 5.56 Å². The van der Waals surface area contributed by atoms with Gasteiger partial charge in [-0.15, -0.1) is 0 Å². The average molecular weight is 379 g/mol. The number of non-ortho nitro benzene ring substituents is 1. The molecule has 0 saturated heterocycles. The summed E-state index contributed by atoms with van der Waals surface area (Å²) in [6, 6.07) is 10.4. The predicted molar refractivity (Wildman–Crippen MR) is 94.4 cm³/mol. The number of carbonyl (C=O) groups is 2. The maximum absolute atomic E-state index is 11.7. The van der Waals surface area contributed by atoms with Crippen LogP contribution in [-0.2, 0) is 14.3 Å². The minimum atomic E-state index is -0.735. The summed E-state index contributed by atoms with van der Waals surface area (Å²) in [7, 11) is 0. The molecule has 0 spiro atoms. The number of hydrogen-bond donors (Lipinski definition) is 1. The lowest BCUT2D eigenvalue weighted by Gasteiger charge is -2.09. The number of nitrogens with one attached hydrogen (secondary N) is 1. The van der Waals surface area contributed by atoms with Crippen molar-refractivity contribution in [3.05, 3.63) is 63.2 Å². The van der Waals surface area contributed by atoms with Crippen molar-refractivity contribution >= 4 is 34.9 Å². The molecule has 1 N–H and O–H groups in total. The number of aryl methyl sites for hydroxylation is 1. The lowest BCUT2D eigenvalue weighted by molar-refractivity contribution is -0.384. The molecule has 0 aromatic heterocycles. The maximum atomic E-state index is 11.7. The van der Waals surface area contributed by atoms with Crippen molar-refractivity contribution in [2.75, 3.05) is 18.5 Å². The van der Waals surface area contributed by atoms with Crippen LogP contribution in [0.25, 0.3) is 0 Å². The Morgan fingerprint density at radius 2 is 1.85 bits per heavy atom. The number of halogens is 1. The van der Waals surface area contributed by atoms with E-state index in [0.717, 1.165) is 5.56 Å². The third-order valence-electron chi connectivity index (χ3n) is 3.16. The summed E-state index contributed by atoms with van der Waals surface area (Å²) >= 11 is 5.94. The van der Waals surface area contributed by atoms with Gasteiger partial charge in [0.1, 0.15) is 5.75 Å². The number of esters is 1. The molecule has 0 fully saturated rings. The van der Waals surface area contributed by atoms with Crippen LogP contribution in [0.4, 0.5) is 11.4 Å². The zero-order valence-electron chi connectivity index (χ0n) is 13.7. The zero-order chi connectivity index (χ0) is 19.1. The molecule has 2 aromatic rings. The molecule has 8 nitrogen and oxygen atoms in total. The minimum absolute atomic E-state index is 0.0959. The molecule has 0 aliphatic carbocycles. The van der Waals surface area contributed by atoms with E-state index in [-0.39, 0.29) is 5.69 Å². The van der Waals surface area contributed by atoms with Crippen LogP contribution in [-0.4, -0.2) is 30.0 Å². The number of ether oxygens (including phenoxy) is 2. The Bertz CT molecular complexity index is 823. The highest BCUT2D eigenvalue weighted by atomic mass is 35.5. The van der Waals surface area contributed by atoms with Crippen molar-refractivity contribution in [1.82, 2.24) is 0 Å². The first-order valence-electron chi connectivity index (χ1n) is 7.44. The first kappa shape index (κ1) is 19.2. The van der Waals surface area contributed by atoms with Crippen LogP contribution in [0.5, 0.6) is 5.75 Å². The van der Waals surface area contributed by atoms with Crippen molar-refractivity contribution in [2.45, 2.75) is 6.92 Å². The summed E-state index contributed by atoms with van der Waals surface area (Å²) in [5.74, 6) is -0.971. The number of carbonyl (C=O) groups excluding carboxylic acids is 2. The van der Waals surface area contributed by atoms with Crippen molar-refractivity contribution in [2.24, 2.45) is 0 Å². The minimum Gasteiger partial charge on any atom is -0.480 e. The average Bonchev–Trinajstić information content (AvgIpc) is 2.61. The number of benzene rings is 2.